The summed E-state index contributed by atoms with van der Waals surface area (Å²) in [6.45, 7) is 2.11. The molecular formula is C26H25N5O5. The highest BCUT2D eigenvalue weighted by molar-refractivity contribution is 5.79. The van der Waals surface area contributed by atoms with Crippen LogP contribution in [0.5, 0.6) is 5.75 Å². The first-order valence-corrected chi connectivity index (χ1v) is 11.4. The summed E-state index contributed by atoms with van der Waals surface area (Å²) in [5, 5.41) is 0. The number of fused-ring (bicyclic) bond motifs is 3. The predicted molar refractivity (Wildman–Crippen MR) is 135 cm³/mol. The van der Waals surface area contributed by atoms with Gasteiger partial charge in [-0.1, -0.05) is 12.1 Å². The van der Waals surface area contributed by atoms with Crippen molar-refractivity contribution >= 4 is 22.9 Å². The standard InChI is InChI=1S/C26H25N5O5/c1-5-36-21(32)14-16-6-10-18(11-7-16)31-20(17-8-12-19(35-4)13-9-17)15-30-22-23(27-25(30)31)28(2)26(34)29(3)24(22)33/h6-13,15H,5,14H2,1-4H3. The van der Waals surface area contributed by atoms with Crippen LogP contribution in [0.15, 0.2) is 64.3 Å². The van der Waals surface area contributed by atoms with E-state index in [0.717, 1.165) is 32.8 Å². The number of hydrogen-bond donors (Lipinski definition) is 0. The summed E-state index contributed by atoms with van der Waals surface area (Å²) in [7, 11) is 4.65. The van der Waals surface area contributed by atoms with Gasteiger partial charge in [0.25, 0.3) is 5.56 Å². The Kier molecular flexibility index (Phi) is 5.71. The molecule has 0 radical (unpaired) electrons. The molecule has 0 atom stereocenters. The minimum Gasteiger partial charge on any atom is -0.497 e. The van der Waals surface area contributed by atoms with Gasteiger partial charge in [0, 0.05) is 31.5 Å². The normalized spacial score (nSPS) is 11.3. The smallest absolute Gasteiger partial charge is 0.332 e. The summed E-state index contributed by atoms with van der Waals surface area (Å²) < 4.78 is 16.4. The predicted octanol–water partition coefficient (Wildman–Crippen LogP) is 2.46. The third-order valence-corrected chi connectivity index (χ3v) is 6.20. The van der Waals surface area contributed by atoms with Gasteiger partial charge in [0.05, 0.1) is 25.8 Å². The molecule has 0 amide bonds. The lowest BCUT2D eigenvalue weighted by atomic mass is 10.1. The fraction of sp³-hybridized carbons (Fsp3) is 0.231. The molecule has 0 saturated carbocycles. The maximum atomic E-state index is 13.1. The van der Waals surface area contributed by atoms with Gasteiger partial charge in [-0.05, 0) is 48.9 Å². The molecule has 0 unspecified atom stereocenters. The molecule has 5 rings (SSSR count). The molecule has 0 aliphatic rings. The van der Waals surface area contributed by atoms with Crippen LogP contribution in [0.4, 0.5) is 0 Å². The Bertz CT molecular complexity index is 1720. The van der Waals surface area contributed by atoms with Crippen molar-refractivity contribution in [2.24, 2.45) is 14.1 Å². The minimum absolute atomic E-state index is 0.173. The fourth-order valence-electron chi connectivity index (χ4n) is 4.33. The molecule has 0 fully saturated rings. The lowest BCUT2D eigenvalue weighted by Crippen LogP contribution is -2.37. The molecule has 5 aromatic rings. The number of rotatable bonds is 6. The average molecular weight is 488 g/mol. The summed E-state index contributed by atoms with van der Waals surface area (Å²) in [6, 6.07) is 15.1. The molecule has 2 aromatic carbocycles. The highest BCUT2D eigenvalue weighted by Crippen LogP contribution is 2.30. The zero-order valence-corrected chi connectivity index (χ0v) is 20.4. The number of aryl methyl sites for hydroxylation is 1. The van der Waals surface area contributed by atoms with E-state index < -0.39 is 11.2 Å². The summed E-state index contributed by atoms with van der Waals surface area (Å²) in [4.78, 5) is 42.2. The van der Waals surface area contributed by atoms with E-state index in [1.807, 2.05) is 59.3 Å². The molecule has 3 aromatic heterocycles. The van der Waals surface area contributed by atoms with Gasteiger partial charge in [-0.25, -0.2) is 4.79 Å². The number of carbonyl (C=O) groups excluding carboxylic acids is 1. The molecule has 0 bridgehead atoms. The molecule has 184 valence electrons. The number of benzene rings is 2. The molecule has 0 aliphatic heterocycles. The summed E-state index contributed by atoms with van der Waals surface area (Å²) in [6.07, 6.45) is 2.01. The maximum Gasteiger partial charge on any atom is 0.332 e. The fourth-order valence-corrected chi connectivity index (χ4v) is 4.33. The van der Waals surface area contributed by atoms with Crippen LogP contribution in [0.25, 0.3) is 33.9 Å². The Morgan fingerprint density at radius 3 is 2.31 bits per heavy atom. The number of carbonyl (C=O) groups is 1. The van der Waals surface area contributed by atoms with Crippen molar-refractivity contribution in [1.29, 1.82) is 0 Å². The molecular weight excluding hydrogens is 462 g/mol. The average Bonchev–Trinajstić information content (AvgIpc) is 3.43. The van der Waals surface area contributed by atoms with Gasteiger partial charge in [-0.3, -0.25) is 27.7 Å². The number of hydrogen-bond acceptors (Lipinski definition) is 6. The van der Waals surface area contributed by atoms with E-state index in [9.17, 15) is 14.4 Å². The number of esters is 1. The lowest BCUT2D eigenvalue weighted by Gasteiger charge is -2.11. The maximum absolute atomic E-state index is 13.1. The monoisotopic (exact) mass is 487 g/mol. The van der Waals surface area contributed by atoms with Gasteiger partial charge >= 0.3 is 11.7 Å². The van der Waals surface area contributed by atoms with E-state index in [1.165, 1.54) is 11.6 Å². The number of nitrogens with zero attached hydrogens (tertiary/aromatic N) is 5. The molecule has 0 aliphatic carbocycles. The highest BCUT2D eigenvalue weighted by Gasteiger charge is 2.22. The number of aromatic nitrogens is 5. The van der Waals surface area contributed by atoms with Crippen molar-refractivity contribution in [3.8, 4) is 22.7 Å². The largest absolute Gasteiger partial charge is 0.497 e. The number of ether oxygens (including phenoxy) is 2. The molecule has 0 saturated heterocycles. The summed E-state index contributed by atoms with van der Waals surface area (Å²) in [5.41, 5.74) is 3.00. The second kappa shape index (κ2) is 8.88. The Labute approximate surface area is 205 Å². The van der Waals surface area contributed by atoms with Gasteiger partial charge < -0.3 is 9.47 Å². The molecule has 3 heterocycles. The van der Waals surface area contributed by atoms with Crippen molar-refractivity contribution in [1.82, 2.24) is 23.1 Å². The van der Waals surface area contributed by atoms with Crippen LogP contribution in [-0.2, 0) is 30.0 Å². The topological polar surface area (TPSA) is 102 Å². The van der Waals surface area contributed by atoms with Crippen LogP contribution in [0.2, 0.25) is 0 Å². The van der Waals surface area contributed by atoms with E-state index in [2.05, 4.69) is 0 Å². The second-order valence-electron chi connectivity index (χ2n) is 8.39. The van der Waals surface area contributed by atoms with E-state index in [-0.39, 0.29) is 12.4 Å². The van der Waals surface area contributed by atoms with Crippen LogP contribution >= 0.6 is 0 Å². The van der Waals surface area contributed by atoms with Crippen LogP contribution in [0.3, 0.4) is 0 Å². The van der Waals surface area contributed by atoms with Crippen LogP contribution in [0, 0.1) is 0 Å². The lowest BCUT2D eigenvalue weighted by molar-refractivity contribution is -0.142. The molecule has 10 nitrogen and oxygen atoms in total. The third-order valence-electron chi connectivity index (χ3n) is 6.20. The van der Waals surface area contributed by atoms with Crippen molar-refractivity contribution in [2.75, 3.05) is 13.7 Å². The van der Waals surface area contributed by atoms with E-state index >= 15 is 0 Å². The highest BCUT2D eigenvalue weighted by atomic mass is 16.5. The van der Waals surface area contributed by atoms with Crippen molar-refractivity contribution in [3.05, 3.63) is 81.1 Å². The second-order valence-corrected chi connectivity index (χ2v) is 8.39. The van der Waals surface area contributed by atoms with Gasteiger partial charge in [-0.15, -0.1) is 0 Å². The van der Waals surface area contributed by atoms with Crippen molar-refractivity contribution in [2.45, 2.75) is 13.3 Å². The Morgan fingerprint density at radius 1 is 0.972 bits per heavy atom. The number of imidazole rings is 2. The minimum atomic E-state index is -0.446. The molecule has 0 spiro atoms. The first-order chi connectivity index (χ1) is 17.3. The van der Waals surface area contributed by atoms with Crippen LogP contribution in [-0.4, -0.2) is 42.8 Å². The summed E-state index contributed by atoms with van der Waals surface area (Å²) >= 11 is 0. The SMILES string of the molecule is CCOC(=O)Cc1ccc(-n2c(-c3ccc(OC)cc3)cn3c4c(=O)n(C)c(=O)n(C)c4nc23)cc1. The Balaban J connectivity index is 1.75. The van der Waals surface area contributed by atoms with E-state index in [0.29, 0.717) is 23.5 Å². The van der Waals surface area contributed by atoms with Crippen LogP contribution in [0.1, 0.15) is 12.5 Å². The van der Waals surface area contributed by atoms with Crippen LogP contribution < -0.4 is 16.0 Å². The first-order valence-electron chi connectivity index (χ1n) is 11.4. The summed E-state index contributed by atoms with van der Waals surface area (Å²) in [5.74, 6) is 0.912. The van der Waals surface area contributed by atoms with E-state index in [4.69, 9.17) is 14.5 Å². The Hall–Kier alpha value is -4.60. The molecule has 0 N–H and O–H groups in total. The van der Waals surface area contributed by atoms with Gasteiger partial charge in [0.2, 0.25) is 5.78 Å². The molecule has 10 heteroatoms. The van der Waals surface area contributed by atoms with Crippen molar-refractivity contribution in [3.63, 3.8) is 0 Å². The zero-order chi connectivity index (χ0) is 25.6. The number of methoxy groups -OCH3 is 1. The van der Waals surface area contributed by atoms with Gasteiger partial charge in [0.1, 0.15) is 5.75 Å². The van der Waals surface area contributed by atoms with E-state index in [1.54, 1.807) is 25.5 Å². The third kappa shape index (κ3) is 3.67. The molecule has 36 heavy (non-hydrogen) atoms. The van der Waals surface area contributed by atoms with Crippen molar-refractivity contribution < 1.29 is 14.3 Å². The zero-order valence-electron chi connectivity index (χ0n) is 20.4. The first kappa shape index (κ1) is 23.2. The van der Waals surface area contributed by atoms with Gasteiger partial charge in [0.15, 0.2) is 11.2 Å². The van der Waals surface area contributed by atoms with Gasteiger partial charge in [-0.2, -0.15) is 4.98 Å². The Morgan fingerprint density at radius 2 is 1.67 bits per heavy atom. The quantitative estimate of drug-likeness (QED) is 0.341.